The Bertz CT molecular complexity index is 199. The van der Waals surface area contributed by atoms with E-state index in [2.05, 4.69) is 4.74 Å². The normalized spacial score (nSPS) is 11.8. The van der Waals surface area contributed by atoms with Crippen molar-refractivity contribution in [1.29, 1.82) is 0 Å². The molecule has 0 aliphatic heterocycles. The maximum Gasteiger partial charge on any atom is 0.309 e. The highest BCUT2D eigenvalue weighted by Gasteiger charge is 2.21. The van der Waals surface area contributed by atoms with Crippen molar-refractivity contribution in [1.82, 2.24) is 0 Å². The summed E-state index contributed by atoms with van der Waals surface area (Å²) < 4.78 is 4.39. The van der Waals surface area contributed by atoms with Crippen molar-refractivity contribution in [2.24, 2.45) is 5.92 Å². The van der Waals surface area contributed by atoms with Crippen LogP contribution in [0.25, 0.3) is 0 Å². The van der Waals surface area contributed by atoms with Crippen LogP contribution in [0.3, 0.4) is 0 Å². The molecule has 0 spiro atoms. The molecule has 13 heavy (non-hydrogen) atoms. The van der Waals surface area contributed by atoms with Crippen LogP contribution in [0.1, 0.15) is 12.8 Å². The lowest BCUT2D eigenvalue weighted by Crippen LogP contribution is -2.21. The minimum atomic E-state index is -0.715. The van der Waals surface area contributed by atoms with Crippen LogP contribution in [-0.4, -0.2) is 36.9 Å². The molecule has 1 N–H and O–H groups in total. The van der Waals surface area contributed by atoms with E-state index in [4.69, 9.17) is 5.11 Å². The van der Waals surface area contributed by atoms with Gasteiger partial charge in [-0.1, -0.05) is 0 Å². The topological polar surface area (TPSA) is 80.7 Å². The Labute approximate surface area is 75.7 Å². The molecule has 0 aliphatic carbocycles. The number of rotatable bonds is 6. The molecule has 1 atom stereocenters. The molecule has 0 bridgehead atoms. The zero-order valence-corrected chi connectivity index (χ0v) is 7.36. The Hall–Kier alpha value is -1.23. The second kappa shape index (κ2) is 6.30. The summed E-state index contributed by atoms with van der Waals surface area (Å²) in [6, 6.07) is 0. The van der Waals surface area contributed by atoms with E-state index in [0.29, 0.717) is 0 Å². The molecule has 0 radical (unpaired) electrons. The predicted octanol–water partition coefficient (Wildman–Crippen LogP) is -0.684. The lowest BCUT2D eigenvalue weighted by Gasteiger charge is -2.10. The van der Waals surface area contributed by atoms with Crippen LogP contribution in [0, 0.1) is 5.92 Å². The zero-order chi connectivity index (χ0) is 10.3. The van der Waals surface area contributed by atoms with Gasteiger partial charge in [-0.15, -0.1) is 0 Å². The number of hydrogen-bond donors (Lipinski definition) is 1. The fourth-order valence-corrected chi connectivity index (χ4v) is 0.917. The van der Waals surface area contributed by atoms with Crippen LogP contribution < -0.4 is 0 Å². The third-order valence-electron chi connectivity index (χ3n) is 1.59. The lowest BCUT2D eigenvalue weighted by atomic mass is 10.00. The van der Waals surface area contributed by atoms with Gasteiger partial charge in [-0.05, 0) is 6.42 Å². The van der Waals surface area contributed by atoms with E-state index in [1.807, 2.05) is 0 Å². The zero-order valence-electron chi connectivity index (χ0n) is 7.36. The van der Waals surface area contributed by atoms with Gasteiger partial charge in [0.15, 0.2) is 12.1 Å². The molecule has 0 fully saturated rings. The van der Waals surface area contributed by atoms with Crippen molar-refractivity contribution >= 4 is 18.0 Å². The van der Waals surface area contributed by atoms with E-state index in [1.54, 1.807) is 0 Å². The fourth-order valence-electron chi connectivity index (χ4n) is 0.917. The summed E-state index contributed by atoms with van der Waals surface area (Å²) >= 11 is 0. The Balaban J connectivity index is 4.16. The molecule has 0 amide bonds. The molecule has 1 unspecified atom stereocenters. The molecule has 0 heterocycles. The second-order valence-electron chi connectivity index (χ2n) is 2.52. The highest BCUT2D eigenvalue weighted by molar-refractivity contribution is 6.25. The van der Waals surface area contributed by atoms with Crippen LogP contribution >= 0.6 is 0 Å². The SMILES string of the molecule is COC(=O)C(CCO)CC(=O)C=O. The number of esters is 1. The van der Waals surface area contributed by atoms with E-state index >= 15 is 0 Å². The second-order valence-corrected chi connectivity index (χ2v) is 2.52. The van der Waals surface area contributed by atoms with Crippen LogP contribution in [0.15, 0.2) is 0 Å². The molecule has 0 saturated heterocycles. The summed E-state index contributed by atoms with van der Waals surface area (Å²) in [5.41, 5.74) is 0. The first-order chi connectivity index (χ1) is 6.15. The standard InChI is InChI=1S/C8H12O5/c1-13-8(12)6(2-3-9)4-7(11)5-10/h5-6,9H,2-4H2,1H3. The van der Waals surface area contributed by atoms with Gasteiger partial charge >= 0.3 is 5.97 Å². The smallest absolute Gasteiger partial charge is 0.309 e. The van der Waals surface area contributed by atoms with Crippen LogP contribution in [0.4, 0.5) is 0 Å². The average Bonchev–Trinajstić information content (AvgIpc) is 2.15. The first-order valence-electron chi connectivity index (χ1n) is 3.82. The van der Waals surface area contributed by atoms with Crippen molar-refractivity contribution < 1.29 is 24.2 Å². The molecule has 0 aliphatic rings. The minimum Gasteiger partial charge on any atom is -0.469 e. The van der Waals surface area contributed by atoms with Crippen molar-refractivity contribution in [2.45, 2.75) is 12.8 Å². The van der Waals surface area contributed by atoms with E-state index in [1.165, 1.54) is 7.11 Å². The summed E-state index contributed by atoms with van der Waals surface area (Å²) in [4.78, 5) is 31.6. The van der Waals surface area contributed by atoms with Crippen LogP contribution in [0.2, 0.25) is 0 Å². The van der Waals surface area contributed by atoms with E-state index < -0.39 is 17.7 Å². The number of aliphatic hydroxyl groups is 1. The van der Waals surface area contributed by atoms with E-state index in [-0.39, 0.29) is 25.7 Å². The summed E-state index contributed by atoms with van der Waals surface area (Å²) in [7, 11) is 1.19. The summed E-state index contributed by atoms with van der Waals surface area (Å²) in [5.74, 6) is -1.96. The minimum absolute atomic E-state index is 0.131. The Morgan fingerprint density at radius 1 is 1.54 bits per heavy atom. The first-order valence-corrected chi connectivity index (χ1v) is 3.82. The molecule has 0 aromatic carbocycles. The van der Waals surface area contributed by atoms with Gasteiger partial charge in [0.05, 0.1) is 13.0 Å². The maximum absolute atomic E-state index is 11.0. The van der Waals surface area contributed by atoms with Gasteiger partial charge in [0.1, 0.15) is 0 Å². The number of ketones is 1. The molecule has 0 saturated carbocycles. The number of aldehydes is 1. The molecule has 0 aromatic heterocycles. The highest BCUT2D eigenvalue weighted by atomic mass is 16.5. The van der Waals surface area contributed by atoms with Crippen LogP contribution in [-0.2, 0) is 19.1 Å². The molecule has 0 rings (SSSR count). The van der Waals surface area contributed by atoms with Gasteiger partial charge in [0.25, 0.3) is 0 Å². The maximum atomic E-state index is 11.0. The van der Waals surface area contributed by atoms with Gasteiger partial charge < -0.3 is 9.84 Å². The van der Waals surface area contributed by atoms with E-state index in [0.717, 1.165) is 0 Å². The largest absolute Gasteiger partial charge is 0.469 e. The molecular formula is C8H12O5. The van der Waals surface area contributed by atoms with Gasteiger partial charge in [0, 0.05) is 13.0 Å². The summed E-state index contributed by atoms with van der Waals surface area (Å²) in [5, 5.41) is 8.56. The third kappa shape index (κ3) is 4.37. The van der Waals surface area contributed by atoms with Gasteiger partial charge in [0.2, 0.25) is 0 Å². The number of aliphatic hydroxyl groups excluding tert-OH is 1. The number of hydrogen-bond acceptors (Lipinski definition) is 5. The van der Waals surface area contributed by atoms with Gasteiger partial charge in [-0.25, -0.2) is 0 Å². The number of carbonyl (C=O) groups is 3. The van der Waals surface area contributed by atoms with Crippen molar-refractivity contribution in [3.8, 4) is 0 Å². The van der Waals surface area contributed by atoms with Crippen molar-refractivity contribution in [3.05, 3.63) is 0 Å². The number of carbonyl (C=O) groups excluding carboxylic acids is 3. The Morgan fingerprint density at radius 3 is 2.54 bits per heavy atom. The monoisotopic (exact) mass is 188 g/mol. The summed E-state index contributed by atoms with van der Waals surface area (Å²) in [6.45, 7) is -0.216. The average molecular weight is 188 g/mol. The van der Waals surface area contributed by atoms with Gasteiger partial charge in [-0.3, -0.25) is 14.4 Å². The van der Waals surface area contributed by atoms with Crippen LogP contribution in [0.5, 0.6) is 0 Å². The highest BCUT2D eigenvalue weighted by Crippen LogP contribution is 2.09. The number of methoxy groups -OCH3 is 1. The number of ether oxygens (including phenoxy) is 1. The predicted molar refractivity (Wildman–Crippen MR) is 42.9 cm³/mol. The summed E-state index contributed by atoms with van der Waals surface area (Å²) in [6.07, 6.45) is 0.0936. The van der Waals surface area contributed by atoms with E-state index in [9.17, 15) is 14.4 Å². The third-order valence-corrected chi connectivity index (χ3v) is 1.59. The number of Topliss-reactive ketones (excluding diaryl/α,β-unsaturated/α-hetero) is 1. The molecule has 5 nitrogen and oxygen atoms in total. The molecule has 5 heteroatoms. The van der Waals surface area contributed by atoms with Crippen molar-refractivity contribution in [2.75, 3.05) is 13.7 Å². The fraction of sp³-hybridized carbons (Fsp3) is 0.625. The Kier molecular flexibility index (Phi) is 5.71. The van der Waals surface area contributed by atoms with Gasteiger partial charge in [-0.2, -0.15) is 0 Å². The molecule has 0 aromatic rings. The molecular weight excluding hydrogens is 176 g/mol. The Morgan fingerprint density at radius 2 is 2.15 bits per heavy atom. The quantitative estimate of drug-likeness (QED) is 0.339. The van der Waals surface area contributed by atoms with Crippen molar-refractivity contribution in [3.63, 3.8) is 0 Å². The molecule has 74 valence electrons. The lowest BCUT2D eigenvalue weighted by molar-refractivity contribution is -0.148. The first kappa shape index (κ1) is 11.8.